The molecule has 0 aromatic carbocycles. The van der Waals surface area contributed by atoms with Gasteiger partial charge in [-0.25, -0.2) is 4.98 Å². The maximum absolute atomic E-state index is 10.3. The zero-order chi connectivity index (χ0) is 10.0. The van der Waals surface area contributed by atoms with Crippen LogP contribution in [0.15, 0.2) is 6.20 Å². The Kier molecular flexibility index (Phi) is 1.93. The third-order valence-electron chi connectivity index (χ3n) is 1.32. The lowest BCUT2D eigenvalue weighted by atomic mass is 10.3. The number of hydrogen-bond donors (Lipinski definition) is 1. The predicted octanol–water partition coefficient (Wildman–Crippen LogP) is 0.703. The van der Waals surface area contributed by atoms with Gasteiger partial charge in [0.25, 0.3) is 0 Å². The highest BCUT2D eigenvalue weighted by atomic mass is 16.6. The van der Waals surface area contributed by atoms with Gasteiger partial charge in [-0.15, -0.1) is 0 Å². The van der Waals surface area contributed by atoms with Crippen molar-refractivity contribution < 1.29 is 9.85 Å². The van der Waals surface area contributed by atoms with E-state index in [1.165, 1.54) is 6.07 Å². The summed E-state index contributed by atoms with van der Waals surface area (Å²) in [6, 6.07) is 1.47. The van der Waals surface area contributed by atoms with Crippen LogP contribution >= 0.6 is 0 Å². The molecule has 1 heterocycles. The number of nitrogens with one attached hydrogen (secondary N) is 1. The molecule has 1 aromatic rings. The Morgan fingerprint density at radius 1 is 1.38 bits per heavy atom. The molecule has 8 nitrogen and oxygen atoms in total. The fourth-order valence-corrected chi connectivity index (χ4v) is 0.814. The molecule has 0 aliphatic rings. The summed E-state index contributed by atoms with van der Waals surface area (Å²) in [4.78, 5) is 20.6. The van der Waals surface area contributed by atoms with E-state index in [-0.39, 0.29) is 5.56 Å². The monoisotopic (exact) mass is 182 g/mol. The van der Waals surface area contributed by atoms with Crippen LogP contribution in [0, 0.1) is 31.6 Å². The Bertz CT molecular complexity index is 415. The molecule has 1 aromatic heterocycles. The minimum atomic E-state index is -0.965. The number of nitro groups is 2. The van der Waals surface area contributed by atoms with Gasteiger partial charge in [0.1, 0.15) is 12.3 Å². The summed E-state index contributed by atoms with van der Waals surface area (Å²) in [5.74, 6) is -0.776. The Balaban J connectivity index is 3.41. The van der Waals surface area contributed by atoms with Gasteiger partial charge in [0.15, 0.2) is 5.56 Å². The van der Waals surface area contributed by atoms with Crippen LogP contribution in [0.2, 0.25) is 0 Å². The third-order valence-corrected chi connectivity index (χ3v) is 1.32. The van der Waals surface area contributed by atoms with Gasteiger partial charge in [-0.05, 0) is 4.92 Å². The van der Waals surface area contributed by atoms with Gasteiger partial charge in [-0.1, -0.05) is 0 Å². The molecule has 13 heavy (non-hydrogen) atoms. The van der Waals surface area contributed by atoms with Crippen molar-refractivity contribution in [1.29, 1.82) is 5.26 Å². The first-order valence-corrected chi connectivity index (χ1v) is 2.98. The van der Waals surface area contributed by atoms with Crippen molar-refractivity contribution in [2.75, 3.05) is 0 Å². The molecule has 0 fully saturated rings. The average molecular weight is 182 g/mol. The van der Waals surface area contributed by atoms with Gasteiger partial charge in [0.05, 0.1) is 4.92 Å². The lowest BCUT2D eigenvalue weighted by molar-refractivity contribution is -0.424. The van der Waals surface area contributed by atoms with Crippen molar-refractivity contribution in [3.63, 3.8) is 0 Å². The van der Waals surface area contributed by atoms with Crippen LogP contribution in [0.5, 0.6) is 0 Å². The lowest BCUT2D eigenvalue weighted by Crippen LogP contribution is -1.95. The van der Waals surface area contributed by atoms with Crippen LogP contribution in [0.25, 0.3) is 0 Å². The van der Waals surface area contributed by atoms with Crippen LogP contribution in [0.4, 0.5) is 11.5 Å². The van der Waals surface area contributed by atoms with Crippen molar-refractivity contribution in [2.24, 2.45) is 0 Å². The topological polar surface area (TPSA) is 126 Å². The number of aromatic amines is 1. The van der Waals surface area contributed by atoms with Crippen LogP contribution in [0.3, 0.4) is 0 Å². The summed E-state index contributed by atoms with van der Waals surface area (Å²) < 4.78 is 0. The Morgan fingerprint density at radius 3 is 2.38 bits per heavy atom. The zero-order valence-electron chi connectivity index (χ0n) is 6.05. The molecule has 0 radical (unpaired) electrons. The first kappa shape index (κ1) is 8.66. The minimum absolute atomic E-state index is 0.350. The van der Waals surface area contributed by atoms with Gasteiger partial charge < -0.3 is 10.1 Å². The molecule has 0 unspecified atom stereocenters. The number of hydrogen-bond acceptors (Lipinski definition) is 5. The molecule has 0 atom stereocenters. The molecule has 0 bridgehead atoms. The third kappa shape index (κ3) is 1.30. The number of rotatable bonds is 2. The van der Waals surface area contributed by atoms with E-state index in [1.807, 2.05) is 4.98 Å². The maximum Gasteiger partial charge on any atom is 0.400 e. The maximum atomic E-state index is 10.3. The number of aromatic nitrogens is 1. The summed E-state index contributed by atoms with van der Waals surface area (Å²) in [6.45, 7) is 0. The van der Waals surface area contributed by atoms with Crippen LogP contribution in [-0.4, -0.2) is 14.8 Å². The Morgan fingerprint density at radius 2 is 2.00 bits per heavy atom. The number of H-pyrrole nitrogens is 1. The first-order chi connectivity index (χ1) is 6.07. The molecule has 0 amide bonds. The summed E-state index contributed by atoms with van der Waals surface area (Å²) >= 11 is 0. The van der Waals surface area contributed by atoms with Crippen LogP contribution in [0.1, 0.15) is 5.56 Å². The number of nitrogens with zero attached hydrogens (tertiary/aromatic N) is 3. The second-order valence-electron chi connectivity index (χ2n) is 2.03. The second kappa shape index (κ2) is 2.90. The van der Waals surface area contributed by atoms with E-state index in [2.05, 4.69) is 0 Å². The second-order valence-corrected chi connectivity index (χ2v) is 2.03. The molecule has 1 rings (SSSR count). The van der Waals surface area contributed by atoms with Gasteiger partial charge in [0, 0.05) is 0 Å². The van der Waals surface area contributed by atoms with Crippen molar-refractivity contribution in [3.8, 4) is 6.07 Å². The van der Waals surface area contributed by atoms with Crippen molar-refractivity contribution in [1.82, 2.24) is 4.98 Å². The smallest absolute Gasteiger partial charge is 0.358 e. The Labute approximate surface area is 70.7 Å². The van der Waals surface area contributed by atoms with E-state index in [4.69, 9.17) is 5.26 Å². The fraction of sp³-hybridized carbons (Fsp3) is 0. The molecular weight excluding hydrogens is 180 g/mol. The lowest BCUT2D eigenvalue weighted by Gasteiger charge is -1.89. The van der Waals surface area contributed by atoms with Crippen LogP contribution < -0.4 is 0 Å². The van der Waals surface area contributed by atoms with Crippen molar-refractivity contribution in [2.45, 2.75) is 0 Å². The molecule has 0 aliphatic carbocycles. The highest BCUT2D eigenvalue weighted by Gasteiger charge is 2.30. The average Bonchev–Trinajstić information content (AvgIpc) is 2.46. The summed E-state index contributed by atoms with van der Waals surface area (Å²) in [7, 11) is 0. The van der Waals surface area contributed by atoms with E-state index in [9.17, 15) is 20.2 Å². The standard InChI is InChI=1S/C5H2N4O4/c6-1-3-2-7-5(9(12)13)4(3)8(10)11/h2,7H. The van der Waals surface area contributed by atoms with E-state index in [0.717, 1.165) is 6.20 Å². The molecule has 0 aliphatic heterocycles. The summed E-state index contributed by atoms with van der Waals surface area (Å²) in [5.41, 5.74) is -1.15. The molecule has 8 heteroatoms. The van der Waals surface area contributed by atoms with E-state index in [0.29, 0.717) is 0 Å². The van der Waals surface area contributed by atoms with Crippen LogP contribution in [-0.2, 0) is 0 Å². The summed E-state index contributed by atoms with van der Waals surface area (Å²) in [6.07, 6.45) is 0.927. The van der Waals surface area contributed by atoms with Gasteiger partial charge in [-0.3, -0.25) is 10.1 Å². The fourth-order valence-electron chi connectivity index (χ4n) is 0.814. The Hall–Kier alpha value is -2.43. The van der Waals surface area contributed by atoms with Gasteiger partial charge >= 0.3 is 11.5 Å². The van der Waals surface area contributed by atoms with Gasteiger partial charge in [0.2, 0.25) is 0 Å². The highest BCUT2D eigenvalue weighted by Crippen LogP contribution is 2.28. The normalized spacial score (nSPS) is 9.15. The van der Waals surface area contributed by atoms with E-state index in [1.54, 1.807) is 0 Å². The first-order valence-electron chi connectivity index (χ1n) is 2.98. The highest BCUT2D eigenvalue weighted by molar-refractivity contribution is 5.59. The van der Waals surface area contributed by atoms with Gasteiger partial charge in [-0.2, -0.15) is 5.26 Å². The molecule has 66 valence electrons. The van der Waals surface area contributed by atoms with E-state index < -0.39 is 21.4 Å². The predicted molar refractivity (Wildman–Crippen MR) is 38.8 cm³/mol. The number of nitriles is 1. The summed E-state index contributed by atoms with van der Waals surface area (Å²) in [5, 5.41) is 28.9. The molecular formula is C5H2N4O4. The molecule has 0 saturated carbocycles. The van der Waals surface area contributed by atoms with E-state index >= 15 is 0 Å². The molecule has 0 spiro atoms. The van der Waals surface area contributed by atoms with Crippen molar-refractivity contribution in [3.05, 3.63) is 32.0 Å². The SMILES string of the molecule is N#Cc1c[nH]c([N+](=O)[O-])c1[N+](=O)[O-]. The zero-order valence-corrected chi connectivity index (χ0v) is 6.05. The molecule has 1 N–H and O–H groups in total. The largest absolute Gasteiger partial charge is 0.400 e. The minimum Gasteiger partial charge on any atom is -0.358 e. The van der Waals surface area contributed by atoms with Crippen molar-refractivity contribution >= 4 is 11.5 Å². The quantitative estimate of drug-likeness (QED) is 0.532. The molecule has 0 saturated heterocycles.